The van der Waals surface area contributed by atoms with Gasteiger partial charge < -0.3 is 4.43 Å². The molecular weight excluding hydrogens is 200 g/mol. The third-order valence-electron chi connectivity index (χ3n) is 2.24. The quantitative estimate of drug-likeness (QED) is 0.693. The van der Waals surface area contributed by atoms with Crippen LogP contribution in [0.4, 0.5) is 0 Å². The zero-order valence-electron chi connectivity index (χ0n) is 10.0. The smallest absolute Gasteiger partial charge is 0.274 e. The SMILES string of the molecule is C=Cc1ccc(C(C)C)cc1O[Si](C)C. The van der Waals surface area contributed by atoms with E-state index in [0.29, 0.717) is 5.92 Å². The highest BCUT2D eigenvalue weighted by molar-refractivity contribution is 6.49. The van der Waals surface area contributed by atoms with Crippen LogP contribution >= 0.6 is 0 Å². The summed E-state index contributed by atoms with van der Waals surface area (Å²) < 4.78 is 5.86. The molecule has 0 aliphatic carbocycles. The van der Waals surface area contributed by atoms with E-state index in [1.807, 2.05) is 6.08 Å². The summed E-state index contributed by atoms with van der Waals surface area (Å²) in [5.74, 6) is 1.52. The predicted molar refractivity (Wildman–Crippen MR) is 68.7 cm³/mol. The van der Waals surface area contributed by atoms with Gasteiger partial charge in [-0.05, 0) is 30.6 Å². The minimum atomic E-state index is -0.709. The summed E-state index contributed by atoms with van der Waals surface area (Å²) in [4.78, 5) is 0. The molecular formula is C13H19OSi. The molecule has 1 rings (SSSR count). The molecule has 0 fully saturated rings. The van der Waals surface area contributed by atoms with Crippen molar-refractivity contribution in [3.63, 3.8) is 0 Å². The highest BCUT2D eigenvalue weighted by Crippen LogP contribution is 2.26. The summed E-state index contributed by atoms with van der Waals surface area (Å²) in [7, 11) is -0.709. The molecule has 0 heterocycles. The number of hydrogen-bond acceptors (Lipinski definition) is 1. The second-order valence-corrected chi connectivity index (χ2v) is 6.19. The van der Waals surface area contributed by atoms with Crippen molar-refractivity contribution >= 4 is 15.1 Å². The van der Waals surface area contributed by atoms with Gasteiger partial charge in [0.25, 0.3) is 9.04 Å². The topological polar surface area (TPSA) is 9.23 Å². The fourth-order valence-corrected chi connectivity index (χ4v) is 2.00. The van der Waals surface area contributed by atoms with E-state index in [9.17, 15) is 0 Å². The molecule has 0 aliphatic heterocycles. The van der Waals surface area contributed by atoms with Gasteiger partial charge in [0.05, 0.1) is 0 Å². The normalized spacial score (nSPS) is 10.8. The molecule has 0 saturated carbocycles. The second kappa shape index (κ2) is 5.17. The monoisotopic (exact) mass is 219 g/mol. The average molecular weight is 219 g/mol. The van der Waals surface area contributed by atoms with Crippen molar-refractivity contribution in [2.45, 2.75) is 32.9 Å². The lowest BCUT2D eigenvalue weighted by Gasteiger charge is -2.14. The summed E-state index contributed by atoms with van der Waals surface area (Å²) >= 11 is 0. The largest absolute Gasteiger partial charge is 0.542 e. The molecule has 0 atom stereocenters. The lowest BCUT2D eigenvalue weighted by molar-refractivity contribution is 0.577. The van der Waals surface area contributed by atoms with E-state index in [2.05, 4.69) is 51.7 Å². The molecule has 0 N–H and O–H groups in total. The lowest BCUT2D eigenvalue weighted by Crippen LogP contribution is -2.12. The second-order valence-electron chi connectivity index (χ2n) is 4.17. The van der Waals surface area contributed by atoms with Crippen LogP contribution in [-0.4, -0.2) is 9.04 Å². The fourth-order valence-electron chi connectivity index (χ4n) is 1.39. The first-order valence-corrected chi connectivity index (χ1v) is 7.69. The third kappa shape index (κ3) is 3.24. The highest BCUT2D eigenvalue weighted by atomic mass is 28.3. The van der Waals surface area contributed by atoms with Crippen LogP contribution in [0, 0.1) is 0 Å². The lowest BCUT2D eigenvalue weighted by atomic mass is 10.0. The Morgan fingerprint density at radius 3 is 2.47 bits per heavy atom. The van der Waals surface area contributed by atoms with Crippen LogP contribution in [0.15, 0.2) is 24.8 Å². The molecule has 0 aliphatic rings. The van der Waals surface area contributed by atoms with Crippen molar-refractivity contribution in [1.29, 1.82) is 0 Å². The van der Waals surface area contributed by atoms with Crippen LogP contribution in [0.3, 0.4) is 0 Å². The number of rotatable bonds is 4. The Morgan fingerprint density at radius 1 is 1.33 bits per heavy atom. The summed E-state index contributed by atoms with van der Waals surface area (Å²) in [5, 5.41) is 0. The molecule has 81 valence electrons. The number of benzene rings is 1. The molecule has 0 unspecified atom stereocenters. The summed E-state index contributed by atoms with van der Waals surface area (Å²) in [6.45, 7) is 12.5. The maximum Gasteiger partial charge on any atom is 0.274 e. The maximum atomic E-state index is 5.86. The van der Waals surface area contributed by atoms with Crippen LogP contribution < -0.4 is 4.43 Å². The van der Waals surface area contributed by atoms with E-state index < -0.39 is 9.04 Å². The van der Waals surface area contributed by atoms with Crippen LogP contribution in [0.25, 0.3) is 6.08 Å². The Morgan fingerprint density at radius 2 is 2.00 bits per heavy atom. The van der Waals surface area contributed by atoms with Gasteiger partial charge in [0.1, 0.15) is 5.75 Å². The van der Waals surface area contributed by atoms with Crippen molar-refractivity contribution in [2.75, 3.05) is 0 Å². The molecule has 1 aromatic rings. The molecule has 0 bridgehead atoms. The van der Waals surface area contributed by atoms with Crippen molar-refractivity contribution in [3.8, 4) is 5.75 Å². The fraction of sp³-hybridized carbons (Fsp3) is 0.385. The first kappa shape index (κ1) is 12.0. The first-order chi connectivity index (χ1) is 7.04. The van der Waals surface area contributed by atoms with Crippen LogP contribution in [0.5, 0.6) is 5.75 Å². The van der Waals surface area contributed by atoms with E-state index in [1.54, 1.807) is 0 Å². The minimum absolute atomic E-state index is 0.538. The zero-order valence-corrected chi connectivity index (χ0v) is 11.0. The molecule has 1 nitrogen and oxygen atoms in total. The van der Waals surface area contributed by atoms with Gasteiger partial charge in [-0.2, -0.15) is 0 Å². The van der Waals surface area contributed by atoms with Crippen LogP contribution in [-0.2, 0) is 0 Å². The van der Waals surface area contributed by atoms with E-state index in [4.69, 9.17) is 4.43 Å². The summed E-state index contributed by atoms with van der Waals surface area (Å²) in [6, 6.07) is 6.37. The minimum Gasteiger partial charge on any atom is -0.542 e. The molecule has 1 aromatic carbocycles. The average Bonchev–Trinajstić information content (AvgIpc) is 2.16. The van der Waals surface area contributed by atoms with Gasteiger partial charge >= 0.3 is 0 Å². The van der Waals surface area contributed by atoms with E-state index >= 15 is 0 Å². The molecule has 1 radical (unpaired) electrons. The Balaban J connectivity index is 3.07. The summed E-state index contributed by atoms with van der Waals surface area (Å²) in [5.41, 5.74) is 2.41. The van der Waals surface area contributed by atoms with Crippen molar-refractivity contribution in [2.24, 2.45) is 0 Å². The Kier molecular flexibility index (Phi) is 4.15. The van der Waals surface area contributed by atoms with Gasteiger partial charge in [-0.25, -0.2) is 0 Å². The summed E-state index contributed by atoms with van der Waals surface area (Å²) in [6.07, 6.45) is 1.85. The standard InChI is InChI=1S/C13H19OSi/c1-6-11-7-8-12(10(2)3)9-13(11)14-15(4)5/h6-10H,1H2,2-5H3. The third-order valence-corrected chi connectivity index (χ3v) is 2.87. The van der Waals surface area contributed by atoms with Crippen molar-refractivity contribution in [3.05, 3.63) is 35.9 Å². The van der Waals surface area contributed by atoms with Crippen molar-refractivity contribution in [1.82, 2.24) is 0 Å². The molecule has 2 heteroatoms. The maximum absolute atomic E-state index is 5.86. The van der Waals surface area contributed by atoms with Gasteiger partial charge in [-0.3, -0.25) is 0 Å². The van der Waals surface area contributed by atoms with Gasteiger partial charge in [0.15, 0.2) is 0 Å². The molecule has 0 spiro atoms. The predicted octanol–water partition coefficient (Wildman–Crippen LogP) is 4.08. The van der Waals surface area contributed by atoms with Gasteiger partial charge in [0, 0.05) is 5.56 Å². The van der Waals surface area contributed by atoms with E-state index in [-0.39, 0.29) is 0 Å². The Bertz CT molecular complexity index is 342. The van der Waals surface area contributed by atoms with Crippen molar-refractivity contribution < 1.29 is 4.43 Å². The highest BCUT2D eigenvalue weighted by Gasteiger charge is 2.07. The van der Waals surface area contributed by atoms with Gasteiger partial charge in [-0.1, -0.05) is 38.6 Å². The van der Waals surface area contributed by atoms with E-state index in [0.717, 1.165) is 11.3 Å². The van der Waals surface area contributed by atoms with Gasteiger partial charge in [-0.15, -0.1) is 0 Å². The van der Waals surface area contributed by atoms with Gasteiger partial charge in [0.2, 0.25) is 0 Å². The molecule has 0 aromatic heterocycles. The molecule has 15 heavy (non-hydrogen) atoms. The zero-order chi connectivity index (χ0) is 11.4. The van der Waals surface area contributed by atoms with Crippen LogP contribution in [0.2, 0.25) is 13.1 Å². The molecule has 0 saturated heterocycles. The van der Waals surface area contributed by atoms with Crippen LogP contribution in [0.1, 0.15) is 30.9 Å². The number of hydrogen-bond donors (Lipinski definition) is 0. The Hall–Kier alpha value is -1.02. The Labute approximate surface area is 94.5 Å². The molecule has 0 amide bonds. The first-order valence-electron chi connectivity index (χ1n) is 5.29. The van der Waals surface area contributed by atoms with E-state index in [1.165, 1.54) is 5.56 Å².